The smallest absolute Gasteiger partial charge is 0.191 e. The van der Waals surface area contributed by atoms with E-state index in [9.17, 15) is 5.11 Å². The molecule has 1 rings (SSSR count). The summed E-state index contributed by atoms with van der Waals surface area (Å²) in [4.78, 5) is 0. The Balaban J connectivity index is 2.52. The Morgan fingerprint density at radius 1 is 1.38 bits per heavy atom. The molecule has 0 radical (unpaired) electrons. The lowest BCUT2D eigenvalue weighted by atomic mass is 9.94. The molecule has 2 nitrogen and oxygen atoms in total. The zero-order valence-corrected chi connectivity index (χ0v) is 12.8. The van der Waals surface area contributed by atoms with Crippen LogP contribution in [0, 0.1) is 5.92 Å². The molecule has 16 heavy (non-hydrogen) atoms. The molecule has 0 aromatic heterocycles. The summed E-state index contributed by atoms with van der Waals surface area (Å²) in [7, 11) is -1.65. The van der Waals surface area contributed by atoms with Crippen LogP contribution in [0.5, 0.6) is 0 Å². The molecule has 2 atom stereocenters. The van der Waals surface area contributed by atoms with E-state index in [1.807, 2.05) is 6.92 Å². The lowest BCUT2D eigenvalue weighted by Gasteiger charge is -2.38. The number of hydrogen-bond donors (Lipinski definition) is 1. The first-order valence-electron chi connectivity index (χ1n) is 6.43. The average Bonchev–Trinajstić information content (AvgIpc) is 2.39. The molecule has 0 unspecified atom stereocenters. The van der Waals surface area contributed by atoms with Gasteiger partial charge in [0.2, 0.25) is 0 Å². The van der Waals surface area contributed by atoms with E-state index in [0.29, 0.717) is 5.92 Å². The number of aliphatic hydroxyl groups is 1. The van der Waals surface area contributed by atoms with Crippen molar-refractivity contribution in [2.45, 2.75) is 70.7 Å². The van der Waals surface area contributed by atoms with E-state index in [0.717, 1.165) is 25.9 Å². The molecule has 1 N–H and O–H groups in total. The van der Waals surface area contributed by atoms with Gasteiger partial charge in [-0.15, -0.1) is 0 Å². The lowest BCUT2D eigenvalue weighted by Crippen LogP contribution is -2.44. The molecular formula is C13H28O2Si. The van der Waals surface area contributed by atoms with Gasteiger partial charge in [-0.3, -0.25) is 0 Å². The van der Waals surface area contributed by atoms with Crippen molar-refractivity contribution in [3.8, 4) is 0 Å². The molecule has 0 amide bonds. The van der Waals surface area contributed by atoms with Gasteiger partial charge in [-0.1, -0.05) is 27.2 Å². The van der Waals surface area contributed by atoms with Crippen LogP contribution >= 0.6 is 0 Å². The first kappa shape index (κ1) is 14.2. The van der Waals surface area contributed by atoms with Crippen molar-refractivity contribution < 1.29 is 9.53 Å². The van der Waals surface area contributed by atoms with Crippen LogP contribution < -0.4 is 0 Å². The molecule has 0 heterocycles. The Hall–Kier alpha value is 0.137. The van der Waals surface area contributed by atoms with Crippen LogP contribution in [0.15, 0.2) is 0 Å². The lowest BCUT2D eigenvalue weighted by molar-refractivity contribution is 0.000451. The van der Waals surface area contributed by atoms with E-state index < -0.39 is 13.9 Å². The molecule has 0 spiro atoms. The highest BCUT2D eigenvalue weighted by atomic mass is 28.4. The standard InChI is InChI=1S/C13H28O2Si/c1-12(2,3)16(5,6)15-10-11-8-7-9-13(11,4)14/h11,14H,7-10H2,1-6H3/t11-,13+/m0/s1. The van der Waals surface area contributed by atoms with Gasteiger partial charge in [-0.05, 0) is 37.9 Å². The third-order valence-corrected chi connectivity index (χ3v) is 9.07. The van der Waals surface area contributed by atoms with Crippen molar-refractivity contribution in [3.63, 3.8) is 0 Å². The maximum Gasteiger partial charge on any atom is 0.191 e. The fraction of sp³-hybridized carbons (Fsp3) is 1.00. The summed E-state index contributed by atoms with van der Waals surface area (Å²) in [5.41, 5.74) is -0.498. The molecule has 3 heteroatoms. The quantitative estimate of drug-likeness (QED) is 0.769. The van der Waals surface area contributed by atoms with Gasteiger partial charge in [0.05, 0.1) is 5.60 Å². The zero-order chi connectivity index (χ0) is 12.6. The molecule has 0 bridgehead atoms. The van der Waals surface area contributed by atoms with Crippen LogP contribution in [0.2, 0.25) is 18.1 Å². The number of hydrogen-bond acceptors (Lipinski definition) is 2. The van der Waals surface area contributed by atoms with Crippen molar-refractivity contribution in [2.75, 3.05) is 6.61 Å². The highest BCUT2D eigenvalue weighted by Gasteiger charge is 2.41. The summed E-state index contributed by atoms with van der Waals surface area (Å²) in [5.74, 6) is 0.335. The molecule has 0 aliphatic heterocycles. The van der Waals surface area contributed by atoms with Gasteiger partial charge in [-0.25, -0.2) is 0 Å². The average molecular weight is 244 g/mol. The minimum absolute atomic E-state index is 0.261. The topological polar surface area (TPSA) is 29.5 Å². The van der Waals surface area contributed by atoms with Crippen molar-refractivity contribution in [1.29, 1.82) is 0 Å². The molecule has 0 saturated heterocycles. The van der Waals surface area contributed by atoms with Crippen LogP contribution in [0.1, 0.15) is 47.0 Å². The van der Waals surface area contributed by atoms with Gasteiger partial charge in [-0.2, -0.15) is 0 Å². The van der Waals surface area contributed by atoms with E-state index in [1.165, 1.54) is 0 Å². The summed E-state index contributed by atoms with van der Waals surface area (Å²) in [5, 5.41) is 10.5. The van der Waals surface area contributed by atoms with Crippen molar-refractivity contribution in [2.24, 2.45) is 5.92 Å². The van der Waals surface area contributed by atoms with Crippen LogP contribution in [0.3, 0.4) is 0 Å². The normalized spacial score (nSPS) is 32.1. The minimum Gasteiger partial charge on any atom is -0.416 e. The molecule has 0 aromatic rings. The molecule has 1 fully saturated rings. The minimum atomic E-state index is -1.65. The van der Waals surface area contributed by atoms with Crippen molar-refractivity contribution in [1.82, 2.24) is 0 Å². The zero-order valence-electron chi connectivity index (χ0n) is 11.8. The SMILES string of the molecule is CC(C)(C)[Si](C)(C)OC[C@@H]1CCC[C@@]1(C)O. The Labute approximate surface area is 102 Å². The van der Waals surface area contributed by atoms with E-state index in [1.54, 1.807) is 0 Å². The highest BCUT2D eigenvalue weighted by Crippen LogP contribution is 2.40. The summed E-state index contributed by atoms with van der Waals surface area (Å²) in [6.07, 6.45) is 3.18. The molecule has 1 aliphatic carbocycles. The molecular weight excluding hydrogens is 216 g/mol. The Kier molecular flexibility index (Phi) is 3.93. The summed E-state index contributed by atoms with van der Waals surface area (Å²) >= 11 is 0. The maximum absolute atomic E-state index is 10.2. The molecule has 0 aromatic carbocycles. The third-order valence-electron chi connectivity index (χ3n) is 4.57. The Morgan fingerprint density at radius 3 is 2.31 bits per heavy atom. The first-order chi connectivity index (χ1) is 7.06. The highest BCUT2D eigenvalue weighted by molar-refractivity contribution is 6.74. The second-order valence-electron chi connectivity index (χ2n) is 7.02. The molecule has 96 valence electrons. The molecule has 1 saturated carbocycles. The van der Waals surface area contributed by atoms with Crippen LogP contribution in [0.25, 0.3) is 0 Å². The van der Waals surface area contributed by atoms with Gasteiger partial charge in [0.1, 0.15) is 0 Å². The maximum atomic E-state index is 10.2. The molecule has 1 aliphatic rings. The van der Waals surface area contributed by atoms with E-state index in [-0.39, 0.29) is 5.04 Å². The van der Waals surface area contributed by atoms with Gasteiger partial charge in [0.25, 0.3) is 0 Å². The third kappa shape index (κ3) is 3.08. The first-order valence-corrected chi connectivity index (χ1v) is 9.33. The Morgan fingerprint density at radius 2 is 1.94 bits per heavy atom. The fourth-order valence-corrected chi connectivity index (χ4v) is 3.06. The van der Waals surface area contributed by atoms with Gasteiger partial charge in [0.15, 0.2) is 8.32 Å². The second kappa shape index (κ2) is 4.43. The van der Waals surface area contributed by atoms with Gasteiger partial charge >= 0.3 is 0 Å². The number of rotatable bonds is 3. The van der Waals surface area contributed by atoms with Crippen LogP contribution in [0.4, 0.5) is 0 Å². The van der Waals surface area contributed by atoms with Crippen molar-refractivity contribution >= 4 is 8.32 Å². The summed E-state index contributed by atoms with van der Waals surface area (Å²) in [6, 6.07) is 0. The summed E-state index contributed by atoms with van der Waals surface area (Å²) in [6.45, 7) is 14.0. The monoisotopic (exact) mass is 244 g/mol. The predicted octanol–water partition coefficient (Wildman–Crippen LogP) is 3.56. The van der Waals surface area contributed by atoms with Gasteiger partial charge in [0, 0.05) is 12.5 Å². The largest absolute Gasteiger partial charge is 0.416 e. The Bertz CT molecular complexity index is 241. The van der Waals surface area contributed by atoms with Crippen molar-refractivity contribution in [3.05, 3.63) is 0 Å². The van der Waals surface area contributed by atoms with Crippen LogP contribution in [-0.4, -0.2) is 25.6 Å². The predicted molar refractivity (Wildman–Crippen MR) is 71.1 cm³/mol. The van der Waals surface area contributed by atoms with Gasteiger partial charge < -0.3 is 9.53 Å². The van der Waals surface area contributed by atoms with E-state index >= 15 is 0 Å². The summed E-state index contributed by atoms with van der Waals surface area (Å²) < 4.78 is 6.19. The second-order valence-corrected chi connectivity index (χ2v) is 11.8. The fourth-order valence-electron chi connectivity index (χ4n) is 2.01. The van der Waals surface area contributed by atoms with Crippen LogP contribution in [-0.2, 0) is 4.43 Å². The van der Waals surface area contributed by atoms with E-state index in [4.69, 9.17) is 4.43 Å². The van der Waals surface area contributed by atoms with E-state index in [2.05, 4.69) is 33.9 Å².